The van der Waals surface area contributed by atoms with Crippen molar-refractivity contribution in [3.05, 3.63) is 47.5 Å². The van der Waals surface area contributed by atoms with Crippen LogP contribution in [0.25, 0.3) is 10.8 Å². The Kier molecular flexibility index (Phi) is 5.61. The van der Waals surface area contributed by atoms with Gasteiger partial charge in [-0.25, -0.2) is 19.2 Å². The molecule has 0 aliphatic heterocycles. The van der Waals surface area contributed by atoms with Crippen LogP contribution in [0.15, 0.2) is 36.4 Å². The van der Waals surface area contributed by atoms with E-state index in [2.05, 4.69) is 11.5 Å². The topological polar surface area (TPSA) is 173 Å². The molecule has 9 heteroatoms. The Balaban J connectivity index is 0.000000322. The number of hydrogen-bond donors (Lipinski definition) is 5. The van der Waals surface area contributed by atoms with Gasteiger partial charge in [0.05, 0.1) is 11.1 Å². The SMILES string of the molecule is NC(=O)NC(N)=O.O=C(O)c1ccc(C(=O)O)c2ccccc12. The van der Waals surface area contributed by atoms with E-state index in [0.717, 1.165) is 0 Å². The zero-order valence-electron chi connectivity index (χ0n) is 11.6. The Labute approximate surface area is 129 Å². The first-order valence-corrected chi connectivity index (χ1v) is 6.08. The van der Waals surface area contributed by atoms with Crippen LogP contribution in [-0.2, 0) is 0 Å². The second kappa shape index (κ2) is 7.41. The van der Waals surface area contributed by atoms with E-state index in [9.17, 15) is 19.2 Å². The lowest BCUT2D eigenvalue weighted by Crippen LogP contribution is -2.38. The summed E-state index contributed by atoms with van der Waals surface area (Å²) in [4.78, 5) is 41.1. The first-order valence-electron chi connectivity index (χ1n) is 6.08. The molecule has 0 bridgehead atoms. The van der Waals surface area contributed by atoms with Crippen LogP contribution in [-0.4, -0.2) is 34.2 Å². The molecule has 0 unspecified atom stereocenters. The number of primary amides is 2. The van der Waals surface area contributed by atoms with Crippen LogP contribution in [0.2, 0.25) is 0 Å². The molecule has 120 valence electrons. The monoisotopic (exact) mass is 319 g/mol. The summed E-state index contributed by atoms with van der Waals surface area (Å²) in [6, 6.07) is 7.32. The molecule has 0 fully saturated rings. The Morgan fingerprint density at radius 1 is 0.739 bits per heavy atom. The van der Waals surface area contributed by atoms with Crippen molar-refractivity contribution >= 4 is 34.8 Å². The van der Waals surface area contributed by atoms with E-state index >= 15 is 0 Å². The Bertz CT molecular complexity index is 723. The van der Waals surface area contributed by atoms with Gasteiger partial charge in [-0.15, -0.1) is 0 Å². The molecule has 0 aliphatic rings. The smallest absolute Gasteiger partial charge is 0.336 e. The van der Waals surface area contributed by atoms with E-state index < -0.39 is 24.0 Å². The largest absolute Gasteiger partial charge is 0.478 e. The lowest BCUT2D eigenvalue weighted by atomic mass is 10.00. The molecule has 0 radical (unpaired) electrons. The third kappa shape index (κ3) is 4.70. The number of carboxylic acid groups (broad SMARTS) is 2. The number of nitrogens with two attached hydrogens (primary N) is 2. The van der Waals surface area contributed by atoms with Crippen LogP contribution < -0.4 is 16.8 Å². The van der Waals surface area contributed by atoms with E-state index in [1.165, 1.54) is 12.1 Å². The van der Waals surface area contributed by atoms with Crippen molar-refractivity contribution in [2.45, 2.75) is 0 Å². The molecule has 0 spiro atoms. The number of benzene rings is 2. The summed E-state index contributed by atoms with van der Waals surface area (Å²) in [6.45, 7) is 0. The fourth-order valence-corrected chi connectivity index (χ4v) is 1.79. The molecular weight excluding hydrogens is 306 g/mol. The summed E-state index contributed by atoms with van der Waals surface area (Å²) in [5, 5.41) is 20.4. The van der Waals surface area contributed by atoms with E-state index in [1.807, 2.05) is 0 Å². The molecule has 4 amide bonds. The summed E-state index contributed by atoms with van der Waals surface area (Å²) in [7, 11) is 0. The maximum atomic E-state index is 10.9. The number of carboxylic acids is 2. The van der Waals surface area contributed by atoms with Crippen molar-refractivity contribution in [2.24, 2.45) is 11.5 Å². The van der Waals surface area contributed by atoms with Gasteiger partial charge in [-0.2, -0.15) is 0 Å². The van der Waals surface area contributed by atoms with E-state index in [0.29, 0.717) is 10.8 Å². The van der Waals surface area contributed by atoms with Gasteiger partial charge in [-0.05, 0) is 22.9 Å². The van der Waals surface area contributed by atoms with Crippen LogP contribution >= 0.6 is 0 Å². The molecule has 9 nitrogen and oxygen atoms in total. The fraction of sp³-hybridized carbons (Fsp3) is 0. The molecule has 2 rings (SSSR count). The third-order valence-electron chi connectivity index (χ3n) is 2.63. The highest BCUT2D eigenvalue weighted by atomic mass is 16.4. The quantitative estimate of drug-likeness (QED) is 0.551. The summed E-state index contributed by atoms with van der Waals surface area (Å²) in [6.07, 6.45) is 0. The van der Waals surface area contributed by atoms with Gasteiger partial charge in [0, 0.05) is 0 Å². The predicted molar refractivity (Wildman–Crippen MR) is 80.2 cm³/mol. The van der Waals surface area contributed by atoms with E-state index in [1.54, 1.807) is 29.6 Å². The van der Waals surface area contributed by atoms with Crippen molar-refractivity contribution in [3.63, 3.8) is 0 Å². The van der Waals surface area contributed by atoms with Crippen LogP contribution in [0, 0.1) is 0 Å². The molecule has 0 saturated carbocycles. The molecule has 23 heavy (non-hydrogen) atoms. The van der Waals surface area contributed by atoms with Crippen molar-refractivity contribution < 1.29 is 29.4 Å². The van der Waals surface area contributed by atoms with Gasteiger partial charge < -0.3 is 21.7 Å². The van der Waals surface area contributed by atoms with E-state index in [-0.39, 0.29) is 11.1 Å². The highest BCUT2D eigenvalue weighted by molar-refractivity contribution is 6.10. The molecule has 7 N–H and O–H groups in total. The average molecular weight is 319 g/mol. The highest BCUT2D eigenvalue weighted by Gasteiger charge is 2.13. The molecular formula is C14H13N3O6. The molecule has 0 heterocycles. The summed E-state index contributed by atoms with van der Waals surface area (Å²) < 4.78 is 0. The van der Waals surface area contributed by atoms with Gasteiger partial charge >= 0.3 is 24.0 Å². The molecule has 0 saturated heterocycles. The second-order valence-corrected chi connectivity index (χ2v) is 4.17. The van der Waals surface area contributed by atoms with Gasteiger partial charge in [-0.1, -0.05) is 24.3 Å². The van der Waals surface area contributed by atoms with Crippen LogP contribution in [0.4, 0.5) is 9.59 Å². The van der Waals surface area contributed by atoms with Gasteiger partial charge in [0.15, 0.2) is 0 Å². The van der Waals surface area contributed by atoms with Gasteiger partial charge in [0.2, 0.25) is 0 Å². The zero-order chi connectivity index (χ0) is 17.6. The van der Waals surface area contributed by atoms with Crippen molar-refractivity contribution in [3.8, 4) is 0 Å². The summed E-state index contributed by atoms with van der Waals surface area (Å²) >= 11 is 0. The van der Waals surface area contributed by atoms with Gasteiger partial charge in [0.25, 0.3) is 0 Å². The number of nitrogens with one attached hydrogen (secondary N) is 1. The average Bonchev–Trinajstić information content (AvgIpc) is 2.44. The number of hydrogen-bond acceptors (Lipinski definition) is 4. The molecule has 2 aromatic rings. The lowest BCUT2D eigenvalue weighted by Gasteiger charge is -2.05. The van der Waals surface area contributed by atoms with Crippen molar-refractivity contribution in [1.82, 2.24) is 5.32 Å². The molecule has 0 aliphatic carbocycles. The van der Waals surface area contributed by atoms with E-state index in [4.69, 9.17) is 10.2 Å². The minimum Gasteiger partial charge on any atom is -0.478 e. The number of urea groups is 2. The number of fused-ring (bicyclic) bond motifs is 1. The standard InChI is InChI=1S/C12H8O4.C2H5N3O2/c13-11(14)9-5-6-10(12(15)16)8-4-2-1-3-7(8)9;3-1(6)5-2(4)7/h1-6H,(H,13,14)(H,15,16);(H5,3,4,5,6,7). The Morgan fingerprint density at radius 3 is 1.30 bits per heavy atom. The zero-order valence-corrected chi connectivity index (χ0v) is 11.6. The van der Waals surface area contributed by atoms with Crippen molar-refractivity contribution in [1.29, 1.82) is 0 Å². The lowest BCUT2D eigenvalue weighted by molar-refractivity contribution is 0.0684. The first-order chi connectivity index (χ1) is 10.7. The minimum absolute atomic E-state index is 0.112. The number of amides is 4. The minimum atomic E-state index is -1.06. The number of imide groups is 1. The maximum Gasteiger partial charge on any atom is 0.336 e. The Morgan fingerprint density at radius 2 is 1.09 bits per heavy atom. The predicted octanol–water partition coefficient (Wildman–Crippen LogP) is 0.970. The molecule has 0 atom stereocenters. The highest BCUT2D eigenvalue weighted by Crippen LogP contribution is 2.22. The Hall–Kier alpha value is -3.62. The molecule has 2 aromatic carbocycles. The second-order valence-electron chi connectivity index (χ2n) is 4.17. The summed E-state index contributed by atoms with van der Waals surface area (Å²) in [5.41, 5.74) is 9.11. The molecule has 0 aromatic heterocycles. The normalized spacial score (nSPS) is 9.39. The maximum absolute atomic E-state index is 10.9. The fourth-order valence-electron chi connectivity index (χ4n) is 1.79. The number of aromatic carboxylic acids is 2. The van der Waals surface area contributed by atoms with Crippen LogP contribution in [0.5, 0.6) is 0 Å². The number of rotatable bonds is 2. The van der Waals surface area contributed by atoms with Gasteiger partial charge in [-0.3, -0.25) is 5.32 Å². The third-order valence-corrected chi connectivity index (χ3v) is 2.63. The van der Waals surface area contributed by atoms with Crippen LogP contribution in [0.3, 0.4) is 0 Å². The van der Waals surface area contributed by atoms with Crippen molar-refractivity contribution in [2.75, 3.05) is 0 Å². The number of carbonyl (C=O) groups is 4. The summed E-state index contributed by atoms with van der Waals surface area (Å²) in [5.74, 6) is -2.12. The number of carbonyl (C=O) groups excluding carboxylic acids is 2. The van der Waals surface area contributed by atoms with Crippen LogP contribution in [0.1, 0.15) is 20.7 Å². The first kappa shape index (κ1) is 17.4. The van der Waals surface area contributed by atoms with Gasteiger partial charge in [0.1, 0.15) is 0 Å².